The zero-order chi connectivity index (χ0) is 35.7. The van der Waals surface area contributed by atoms with Crippen LogP contribution in [0.1, 0.15) is 56.5 Å². The highest BCUT2D eigenvalue weighted by molar-refractivity contribution is 7.26. The van der Waals surface area contributed by atoms with Crippen LogP contribution in [0.25, 0.3) is 58.4 Å². The fourth-order valence-corrected chi connectivity index (χ4v) is 11.4. The SMILES string of the molecule is CC1c2ccc3c(ccc4c5ccc6c7ccccc7sc6c5n(-c5ccc(N6c7ccccc7N(C)C6c6ccccc6)cc5)c34)c2C(C)(C)C1C. The van der Waals surface area contributed by atoms with E-state index in [0.29, 0.717) is 11.8 Å². The zero-order valence-corrected chi connectivity index (χ0v) is 31.6. The monoisotopic (exact) mass is 703 g/mol. The van der Waals surface area contributed by atoms with Gasteiger partial charge in [-0.15, -0.1) is 11.3 Å². The van der Waals surface area contributed by atoms with Gasteiger partial charge in [0.1, 0.15) is 6.17 Å². The minimum absolute atomic E-state index is 0.0602. The van der Waals surface area contributed by atoms with Crippen molar-refractivity contribution < 1.29 is 0 Å². The number of hydrogen-bond acceptors (Lipinski definition) is 3. The second-order valence-electron chi connectivity index (χ2n) is 15.9. The molecule has 0 fully saturated rings. The molecule has 53 heavy (non-hydrogen) atoms. The van der Waals surface area contributed by atoms with E-state index in [4.69, 9.17) is 0 Å². The molecule has 2 aliphatic rings. The molecule has 4 heteroatoms. The molecule has 3 atom stereocenters. The van der Waals surface area contributed by atoms with Crippen molar-refractivity contribution in [3.63, 3.8) is 0 Å². The van der Waals surface area contributed by atoms with Gasteiger partial charge in [0.2, 0.25) is 0 Å². The van der Waals surface area contributed by atoms with Crippen molar-refractivity contribution in [3.05, 3.63) is 156 Å². The lowest BCUT2D eigenvalue weighted by molar-refractivity contribution is 0.343. The highest BCUT2D eigenvalue weighted by atomic mass is 32.1. The van der Waals surface area contributed by atoms with E-state index in [0.717, 1.165) is 0 Å². The Hall–Kier alpha value is -5.58. The van der Waals surface area contributed by atoms with Crippen molar-refractivity contribution in [1.29, 1.82) is 0 Å². The van der Waals surface area contributed by atoms with Crippen LogP contribution in [0, 0.1) is 5.92 Å². The smallest absolute Gasteiger partial charge is 0.132 e. The molecule has 0 saturated carbocycles. The van der Waals surface area contributed by atoms with E-state index in [-0.39, 0.29) is 11.6 Å². The van der Waals surface area contributed by atoms with Crippen LogP contribution in [0.4, 0.5) is 17.1 Å². The summed E-state index contributed by atoms with van der Waals surface area (Å²) in [6.45, 7) is 9.76. The van der Waals surface area contributed by atoms with E-state index >= 15 is 0 Å². The van der Waals surface area contributed by atoms with Gasteiger partial charge in [-0.2, -0.15) is 0 Å². The molecule has 0 bridgehead atoms. The summed E-state index contributed by atoms with van der Waals surface area (Å²) in [6.07, 6.45) is 0.0602. The summed E-state index contributed by atoms with van der Waals surface area (Å²) >= 11 is 1.92. The Morgan fingerprint density at radius 2 is 1.15 bits per heavy atom. The summed E-state index contributed by atoms with van der Waals surface area (Å²) < 4.78 is 5.27. The Bertz CT molecular complexity index is 2930. The number of aromatic nitrogens is 1. The Morgan fingerprint density at radius 1 is 0.547 bits per heavy atom. The van der Waals surface area contributed by atoms with E-state index in [1.807, 2.05) is 11.3 Å². The minimum atomic E-state index is 0.0602. The van der Waals surface area contributed by atoms with Gasteiger partial charge in [-0.05, 0) is 81.8 Å². The van der Waals surface area contributed by atoms with Gasteiger partial charge in [0.25, 0.3) is 0 Å². The molecular formula is C49H41N3S. The van der Waals surface area contributed by atoms with Crippen LogP contribution in [-0.2, 0) is 5.41 Å². The Morgan fingerprint density at radius 3 is 1.94 bits per heavy atom. The van der Waals surface area contributed by atoms with Crippen LogP contribution >= 0.6 is 11.3 Å². The molecule has 9 aromatic rings. The summed E-state index contributed by atoms with van der Waals surface area (Å²) in [5.74, 6) is 1.11. The summed E-state index contributed by atoms with van der Waals surface area (Å²) in [5, 5.41) is 8.02. The van der Waals surface area contributed by atoms with Gasteiger partial charge in [-0.1, -0.05) is 125 Å². The summed E-state index contributed by atoms with van der Waals surface area (Å²) in [5.41, 5.74) is 11.8. The van der Waals surface area contributed by atoms with Crippen LogP contribution in [0.5, 0.6) is 0 Å². The normalized spacial score (nSPS) is 19.3. The molecule has 0 saturated heterocycles. The van der Waals surface area contributed by atoms with Crippen LogP contribution < -0.4 is 9.80 Å². The lowest BCUT2D eigenvalue weighted by Gasteiger charge is -2.31. The highest BCUT2D eigenvalue weighted by Gasteiger charge is 2.43. The molecule has 0 N–H and O–H groups in total. The fourth-order valence-electron chi connectivity index (χ4n) is 10.1. The van der Waals surface area contributed by atoms with Crippen molar-refractivity contribution >= 4 is 81.1 Å². The van der Waals surface area contributed by atoms with Crippen LogP contribution in [0.15, 0.2) is 140 Å². The number of rotatable bonds is 3. The molecule has 3 unspecified atom stereocenters. The first-order valence-corrected chi connectivity index (χ1v) is 19.8. The van der Waals surface area contributed by atoms with Gasteiger partial charge < -0.3 is 14.4 Å². The molecule has 3 nitrogen and oxygen atoms in total. The van der Waals surface area contributed by atoms with E-state index < -0.39 is 0 Å². The molecule has 1 aliphatic heterocycles. The number of fused-ring (bicyclic) bond motifs is 12. The molecule has 3 heterocycles. The maximum atomic E-state index is 2.59. The Labute approximate surface area is 314 Å². The molecule has 7 aromatic carbocycles. The summed E-state index contributed by atoms with van der Waals surface area (Å²) in [7, 11) is 2.21. The molecule has 1 aliphatic carbocycles. The molecule has 0 amide bonds. The van der Waals surface area contributed by atoms with Crippen LogP contribution in [-0.4, -0.2) is 11.6 Å². The number of hydrogen-bond donors (Lipinski definition) is 0. The summed E-state index contributed by atoms with van der Waals surface area (Å²) in [4.78, 5) is 4.89. The van der Waals surface area contributed by atoms with E-state index in [2.05, 4.69) is 189 Å². The van der Waals surface area contributed by atoms with E-state index in [1.54, 1.807) is 0 Å². The van der Waals surface area contributed by atoms with E-state index in [1.165, 1.54) is 92.2 Å². The van der Waals surface area contributed by atoms with Gasteiger partial charge in [0.05, 0.1) is 27.1 Å². The third-order valence-electron chi connectivity index (χ3n) is 13.1. The first kappa shape index (κ1) is 31.0. The largest absolute Gasteiger partial charge is 0.349 e. The van der Waals surface area contributed by atoms with Gasteiger partial charge in [0.15, 0.2) is 0 Å². The predicted octanol–water partition coefficient (Wildman–Crippen LogP) is 13.6. The van der Waals surface area contributed by atoms with Crippen molar-refractivity contribution in [2.45, 2.75) is 45.2 Å². The van der Waals surface area contributed by atoms with Crippen molar-refractivity contribution in [1.82, 2.24) is 4.57 Å². The average Bonchev–Trinajstić information content (AvgIpc) is 3.88. The van der Waals surface area contributed by atoms with Crippen LogP contribution in [0.3, 0.4) is 0 Å². The zero-order valence-electron chi connectivity index (χ0n) is 30.8. The lowest BCUT2D eigenvalue weighted by atomic mass is 9.76. The van der Waals surface area contributed by atoms with Gasteiger partial charge in [-0.3, -0.25) is 0 Å². The van der Waals surface area contributed by atoms with Crippen molar-refractivity contribution in [3.8, 4) is 5.69 Å². The molecule has 11 rings (SSSR count). The predicted molar refractivity (Wildman–Crippen MR) is 228 cm³/mol. The topological polar surface area (TPSA) is 11.4 Å². The Balaban J connectivity index is 1.19. The maximum absolute atomic E-state index is 2.59. The Kier molecular flexibility index (Phi) is 6.42. The van der Waals surface area contributed by atoms with Crippen LogP contribution in [0.2, 0.25) is 0 Å². The molecule has 2 aromatic heterocycles. The highest BCUT2D eigenvalue weighted by Crippen LogP contribution is 2.54. The van der Waals surface area contributed by atoms with Crippen molar-refractivity contribution in [2.75, 3.05) is 16.8 Å². The van der Waals surface area contributed by atoms with Gasteiger partial charge in [-0.25, -0.2) is 0 Å². The van der Waals surface area contributed by atoms with Crippen molar-refractivity contribution in [2.24, 2.45) is 5.92 Å². The van der Waals surface area contributed by atoms with Gasteiger partial charge in [0, 0.05) is 50.1 Å². The van der Waals surface area contributed by atoms with E-state index in [9.17, 15) is 0 Å². The third-order valence-corrected chi connectivity index (χ3v) is 14.3. The second kappa shape index (κ2) is 11.0. The minimum Gasteiger partial charge on any atom is -0.349 e. The molecule has 0 spiro atoms. The number of benzene rings is 7. The third kappa shape index (κ3) is 4.10. The molecular weight excluding hydrogens is 663 g/mol. The first-order chi connectivity index (χ1) is 25.8. The lowest BCUT2D eigenvalue weighted by Crippen LogP contribution is -2.30. The first-order valence-electron chi connectivity index (χ1n) is 18.9. The van der Waals surface area contributed by atoms with Gasteiger partial charge >= 0.3 is 0 Å². The maximum Gasteiger partial charge on any atom is 0.132 e. The average molecular weight is 704 g/mol. The summed E-state index contributed by atoms with van der Waals surface area (Å²) in [6, 6.07) is 52.3. The quantitative estimate of drug-likeness (QED) is 0.181. The number of thiophene rings is 1. The number of nitrogens with zero attached hydrogens (tertiary/aromatic N) is 3. The second-order valence-corrected chi connectivity index (χ2v) is 17.0. The fraction of sp³-hybridized carbons (Fsp3) is 0.184. The standard InChI is InChI=1S/C49H41N3S/c1-29-30(2)49(3,4)44-34(29)23-25-37-36(44)24-26-38-39-27-28-40-35-15-9-12-18-43(35)53-47(40)46(39)52(45(37)38)33-21-19-32(20-22-33)51-42-17-11-10-16-41(42)50(5)48(51)31-13-7-6-8-14-31/h6-30,48H,1-5H3. The number of anilines is 3. The molecule has 258 valence electrons. The number of para-hydroxylation sites is 2. The molecule has 0 radical (unpaired) electrons.